The molecule has 0 aromatic rings. The van der Waals surface area contributed by atoms with E-state index in [4.69, 9.17) is 5.73 Å². The fourth-order valence-electron chi connectivity index (χ4n) is 2.76. The minimum atomic E-state index is -0.296. The third kappa shape index (κ3) is 3.32. The van der Waals surface area contributed by atoms with Gasteiger partial charge < -0.3 is 10.6 Å². The molecule has 3 heteroatoms. The summed E-state index contributed by atoms with van der Waals surface area (Å²) in [5.74, 6) is 0.240. The van der Waals surface area contributed by atoms with Gasteiger partial charge in [0.05, 0.1) is 5.41 Å². The van der Waals surface area contributed by atoms with E-state index in [1.54, 1.807) is 6.08 Å². The largest absolute Gasteiger partial charge is 0.339 e. The third-order valence-corrected chi connectivity index (χ3v) is 3.92. The summed E-state index contributed by atoms with van der Waals surface area (Å²) in [4.78, 5) is 14.5. The molecule has 0 aromatic heterocycles. The number of carbonyl (C=O) groups excluding carboxylic acids is 1. The maximum absolute atomic E-state index is 12.6. The summed E-state index contributed by atoms with van der Waals surface area (Å²) < 4.78 is 0. The minimum absolute atomic E-state index is 0.240. The first-order chi connectivity index (χ1) is 8.20. The summed E-state index contributed by atoms with van der Waals surface area (Å²) in [7, 11) is 0. The van der Waals surface area contributed by atoms with E-state index < -0.39 is 0 Å². The predicted molar refractivity (Wildman–Crippen MR) is 71.6 cm³/mol. The van der Waals surface area contributed by atoms with Crippen LogP contribution in [-0.4, -0.2) is 30.4 Å². The molecule has 1 rings (SSSR count). The maximum Gasteiger partial charge on any atom is 0.230 e. The van der Waals surface area contributed by atoms with Gasteiger partial charge in [0.1, 0.15) is 0 Å². The number of nitrogens with two attached hydrogens (primary N) is 1. The monoisotopic (exact) mass is 238 g/mol. The Morgan fingerprint density at radius 2 is 1.94 bits per heavy atom. The number of likely N-dealkylation sites (N-methyl/N-ethyl adjacent to an activating group) is 1. The highest BCUT2D eigenvalue weighted by Gasteiger charge is 2.39. The molecule has 1 aliphatic carbocycles. The van der Waals surface area contributed by atoms with Gasteiger partial charge >= 0.3 is 0 Å². The molecule has 2 N–H and O–H groups in total. The topological polar surface area (TPSA) is 46.3 Å². The Bertz CT molecular complexity index is 255. The summed E-state index contributed by atoms with van der Waals surface area (Å²) in [5, 5.41) is 0. The van der Waals surface area contributed by atoms with E-state index >= 15 is 0 Å². The second kappa shape index (κ2) is 6.80. The maximum atomic E-state index is 12.6. The summed E-state index contributed by atoms with van der Waals surface area (Å²) in [5.41, 5.74) is 5.63. The lowest BCUT2D eigenvalue weighted by Gasteiger charge is -2.35. The number of hydrogen-bond acceptors (Lipinski definition) is 2. The third-order valence-electron chi connectivity index (χ3n) is 3.92. The first kappa shape index (κ1) is 14.2. The van der Waals surface area contributed by atoms with Crippen molar-refractivity contribution in [3.63, 3.8) is 0 Å². The smallest absolute Gasteiger partial charge is 0.230 e. The van der Waals surface area contributed by atoms with Crippen LogP contribution in [0.2, 0.25) is 0 Å². The van der Waals surface area contributed by atoms with Gasteiger partial charge in [0.25, 0.3) is 0 Å². The molecule has 98 valence electrons. The summed E-state index contributed by atoms with van der Waals surface area (Å²) >= 11 is 0. The zero-order valence-corrected chi connectivity index (χ0v) is 11.1. The van der Waals surface area contributed by atoms with Crippen LogP contribution in [0, 0.1) is 5.41 Å². The molecule has 0 unspecified atom stereocenters. The minimum Gasteiger partial charge on any atom is -0.339 e. The lowest BCUT2D eigenvalue weighted by molar-refractivity contribution is -0.141. The van der Waals surface area contributed by atoms with Crippen molar-refractivity contribution in [1.29, 1.82) is 0 Å². The zero-order valence-electron chi connectivity index (χ0n) is 11.1. The van der Waals surface area contributed by atoms with Crippen LogP contribution in [0.5, 0.6) is 0 Å². The van der Waals surface area contributed by atoms with Crippen LogP contribution < -0.4 is 5.73 Å². The van der Waals surface area contributed by atoms with Crippen molar-refractivity contribution in [2.24, 2.45) is 11.1 Å². The van der Waals surface area contributed by atoms with Gasteiger partial charge in [-0.15, -0.1) is 6.58 Å². The predicted octanol–water partition coefficient (Wildman–Crippen LogP) is 2.32. The molecule has 3 nitrogen and oxygen atoms in total. The number of nitrogens with zero attached hydrogens (tertiary/aromatic N) is 1. The van der Waals surface area contributed by atoms with Gasteiger partial charge in [0.15, 0.2) is 0 Å². The van der Waals surface area contributed by atoms with E-state index in [2.05, 4.69) is 6.58 Å². The van der Waals surface area contributed by atoms with Crippen LogP contribution >= 0.6 is 0 Å². The highest BCUT2D eigenvalue weighted by Crippen LogP contribution is 2.35. The van der Waals surface area contributed by atoms with E-state index in [0.717, 1.165) is 32.2 Å². The average Bonchev–Trinajstić information content (AvgIpc) is 2.61. The molecular weight excluding hydrogens is 212 g/mol. The number of amides is 1. The Labute approximate surface area is 105 Å². The molecule has 0 atom stereocenters. The van der Waals surface area contributed by atoms with Crippen molar-refractivity contribution in [2.75, 3.05) is 19.6 Å². The summed E-state index contributed by atoms with van der Waals surface area (Å²) in [6.45, 7) is 7.60. The molecule has 0 saturated heterocycles. The van der Waals surface area contributed by atoms with Crippen LogP contribution in [0.4, 0.5) is 0 Å². The normalized spacial score (nSPS) is 19.4. The van der Waals surface area contributed by atoms with Crippen LogP contribution in [0.15, 0.2) is 12.7 Å². The quantitative estimate of drug-likeness (QED) is 0.590. The van der Waals surface area contributed by atoms with Crippen LogP contribution in [-0.2, 0) is 4.79 Å². The van der Waals surface area contributed by atoms with Gasteiger partial charge in [-0.1, -0.05) is 31.8 Å². The van der Waals surface area contributed by atoms with E-state index in [9.17, 15) is 4.79 Å². The van der Waals surface area contributed by atoms with E-state index in [-0.39, 0.29) is 11.3 Å². The van der Waals surface area contributed by atoms with Crippen molar-refractivity contribution in [3.8, 4) is 0 Å². The van der Waals surface area contributed by atoms with Gasteiger partial charge in [0, 0.05) is 19.6 Å². The van der Waals surface area contributed by atoms with Gasteiger partial charge in [-0.2, -0.15) is 0 Å². The van der Waals surface area contributed by atoms with E-state index in [1.165, 1.54) is 12.8 Å². The van der Waals surface area contributed by atoms with Gasteiger partial charge in [0.2, 0.25) is 5.91 Å². The molecule has 1 fully saturated rings. The molecule has 1 amide bonds. The Hall–Kier alpha value is -0.830. The standard InChI is InChI=1S/C14H26N2O/c1-3-11-16(4-2)13(17)14(12-15)9-7-5-6-8-10-14/h3H,1,4-12,15H2,2H3. The molecule has 0 spiro atoms. The van der Waals surface area contributed by atoms with Gasteiger partial charge in [-0.25, -0.2) is 0 Å². The van der Waals surface area contributed by atoms with E-state index in [1.807, 2.05) is 11.8 Å². The summed E-state index contributed by atoms with van der Waals surface area (Å²) in [6, 6.07) is 0. The van der Waals surface area contributed by atoms with Crippen LogP contribution in [0.25, 0.3) is 0 Å². The molecule has 0 bridgehead atoms. The van der Waals surface area contributed by atoms with Crippen LogP contribution in [0.1, 0.15) is 45.4 Å². The van der Waals surface area contributed by atoms with Crippen molar-refractivity contribution < 1.29 is 4.79 Å². The van der Waals surface area contributed by atoms with E-state index in [0.29, 0.717) is 13.1 Å². The second-order valence-corrected chi connectivity index (χ2v) is 5.03. The summed E-state index contributed by atoms with van der Waals surface area (Å²) in [6.07, 6.45) is 8.45. The molecule has 0 aliphatic heterocycles. The van der Waals surface area contributed by atoms with Crippen molar-refractivity contribution in [3.05, 3.63) is 12.7 Å². The SMILES string of the molecule is C=CCN(CC)C(=O)C1(CN)CCCCCC1. The van der Waals surface area contributed by atoms with Gasteiger partial charge in [-0.3, -0.25) is 4.79 Å². The lowest BCUT2D eigenvalue weighted by Crippen LogP contribution is -2.48. The Morgan fingerprint density at radius 1 is 1.35 bits per heavy atom. The van der Waals surface area contributed by atoms with Gasteiger partial charge in [-0.05, 0) is 19.8 Å². The highest BCUT2D eigenvalue weighted by molar-refractivity contribution is 5.83. The Kier molecular flexibility index (Phi) is 5.69. The highest BCUT2D eigenvalue weighted by atomic mass is 16.2. The van der Waals surface area contributed by atoms with Crippen molar-refractivity contribution in [2.45, 2.75) is 45.4 Å². The molecule has 1 saturated carbocycles. The molecule has 17 heavy (non-hydrogen) atoms. The Morgan fingerprint density at radius 3 is 2.35 bits per heavy atom. The molecular formula is C14H26N2O. The number of rotatable bonds is 5. The fourth-order valence-corrected chi connectivity index (χ4v) is 2.76. The number of hydrogen-bond donors (Lipinski definition) is 1. The second-order valence-electron chi connectivity index (χ2n) is 5.03. The zero-order chi connectivity index (χ0) is 12.7. The first-order valence-electron chi connectivity index (χ1n) is 6.80. The average molecular weight is 238 g/mol. The van der Waals surface area contributed by atoms with Crippen LogP contribution in [0.3, 0.4) is 0 Å². The Balaban J connectivity index is 2.81. The molecule has 0 radical (unpaired) electrons. The number of carbonyl (C=O) groups is 1. The molecule has 1 aliphatic rings. The fraction of sp³-hybridized carbons (Fsp3) is 0.786. The lowest BCUT2D eigenvalue weighted by atomic mass is 9.79. The van der Waals surface area contributed by atoms with Crippen molar-refractivity contribution >= 4 is 5.91 Å². The molecule has 0 heterocycles. The van der Waals surface area contributed by atoms with Crippen molar-refractivity contribution in [1.82, 2.24) is 4.90 Å². The first-order valence-corrected chi connectivity index (χ1v) is 6.80. The molecule has 0 aromatic carbocycles.